The second-order valence-electron chi connectivity index (χ2n) is 4.72. The zero-order chi connectivity index (χ0) is 12.2. The first-order valence-corrected chi connectivity index (χ1v) is 5.36. The standard InChI is InChI=1S/C12H19N3O/c1-9-5-4-6-10(15-9)11(16)14-8-12(2,3)7-13/h4-6H,7-8,13H2,1-3H3,(H,14,16). The molecule has 0 unspecified atom stereocenters. The van der Waals surface area contributed by atoms with E-state index in [0.29, 0.717) is 18.8 Å². The van der Waals surface area contributed by atoms with Gasteiger partial charge in [-0.3, -0.25) is 4.79 Å². The van der Waals surface area contributed by atoms with E-state index in [1.165, 1.54) is 0 Å². The smallest absolute Gasteiger partial charge is 0.269 e. The van der Waals surface area contributed by atoms with Gasteiger partial charge in [0.1, 0.15) is 5.69 Å². The first-order chi connectivity index (χ1) is 7.44. The zero-order valence-corrected chi connectivity index (χ0v) is 10.1. The molecule has 1 amide bonds. The molecule has 1 rings (SSSR count). The molecular weight excluding hydrogens is 202 g/mol. The van der Waals surface area contributed by atoms with E-state index in [1.807, 2.05) is 32.9 Å². The van der Waals surface area contributed by atoms with Crippen LogP contribution in [0, 0.1) is 12.3 Å². The van der Waals surface area contributed by atoms with Crippen LogP contribution in [0.15, 0.2) is 18.2 Å². The molecule has 0 aliphatic rings. The second kappa shape index (κ2) is 5.07. The van der Waals surface area contributed by atoms with Gasteiger partial charge in [-0.2, -0.15) is 0 Å². The molecule has 1 aromatic heterocycles. The van der Waals surface area contributed by atoms with Crippen LogP contribution in [0.1, 0.15) is 30.0 Å². The van der Waals surface area contributed by atoms with Crippen molar-refractivity contribution in [1.29, 1.82) is 0 Å². The van der Waals surface area contributed by atoms with E-state index in [1.54, 1.807) is 6.07 Å². The number of hydrogen-bond donors (Lipinski definition) is 2. The van der Waals surface area contributed by atoms with Crippen LogP contribution in [-0.4, -0.2) is 24.0 Å². The Morgan fingerprint density at radius 1 is 1.50 bits per heavy atom. The normalized spacial score (nSPS) is 11.2. The molecule has 0 radical (unpaired) electrons. The molecule has 4 nitrogen and oxygen atoms in total. The van der Waals surface area contributed by atoms with Crippen molar-refractivity contribution in [3.8, 4) is 0 Å². The monoisotopic (exact) mass is 221 g/mol. The highest BCUT2D eigenvalue weighted by Crippen LogP contribution is 2.10. The van der Waals surface area contributed by atoms with Crippen molar-refractivity contribution in [2.45, 2.75) is 20.8 Å². The Morgan fingerprint density at radius 3 is 2.75 bits per heavy atom. The van der Waals surface area contributed by atoms with Gasteiger partial charge in [0.05, 0.1) is 0 Å². The van der Waals surface area contributed by atoms with Crippen molar-refractivity contribution in [1.82, 2.24) is 10.3 Å². The number of nitrogens with zero attached hydrogens (tertiary/aromatic N) is 1. The molecule has 3 N–H and O–H groups in total. The predicted octanol–water partition coefficient (Wildman–Crippen LogP) is 1.10. The molecule has 16 heavy (non-hydrogen) atoms. The van der Waals surface area contributed by atoms with E-state index in [-0.39, 0.29) is 11.3 Å². The van der Waals surface area contributed by atoms with E-state index in [9.17, 15) is 4.79 Å². The number of rotatable bonds is 4. The lowest BCUT2D eigenvalue weighted by molar-refractivity contribution is 0.0932. The van der Waals surface area contributed by atoms with Gasteiger partial charge in [-0.25, -0.2) is 4.98 Å². The summed E-state index contributed by atoms with van der Waals surface area (Å²) in [6.45, 7) is 6.97. The summed E-state index contributed by atoms with van der Waals surface area (Å²) in [5, 5.41) is 2.84. The van der Waals surface area contributed by atoms with Gasteiger partial charge < -0.3 is 11.1 Å². The fourth-order valence-electron chi connectivity index (χ4n) is 1.15. The number of carbonyl (C=O) groups is 1. The summed E-state index contributed by atoms with van der Waals surface area (Å²) in [4.78, 5) is 15.9. The molecule has 0 aliphatic carbocycles. The maximum atomic E-state index is 11.7. The van der Waals surface area contributed by atoms with Crippen molar-refractivity contribution in [3.05, 3.63) is 29.6 Å². The molecule has 0 aliphatic heterocycles. The average Bonchev–Trinajstić information content (AvgIpc) is 2.26. The molecule has 0 fully saturated rings. The van der Waals surface area contributed by atoms with Gasteiger partial charge in [0.2, 0.25) is 0 Å². The lowest BCUT2D eigenvalue weighted by Crippen LogP contribution is -2.38. The molecule has 0 spiro atoms. The lowest BCUT2D eigenvalue weighted by Gasteiger charge is -2.22. The van der Waals surface area contributed by atoms with Gasteiger partial charge >= 0.3 is 0 Å². The van der Waals surface area contributed by atoms with Crippen LogP contribution in [0.5, 0.6) is 0 Å². The molecular formula is C12H19N3O. The Morgan fingerprint density at radius 2 is 2.19 bits per heavy atom. The van der Waals surface area contributed by atoms with Crippen molar-refractivity contribution in [3.63, 3.8) is 0 Å². The summed E-state index contributed by atoms with van der Waals surface area (Å²) < 4.78 is 0. The molecule has 0 saturated heterocycles. The van der Waals surface area contributed by atoms with Crippen molar-refractivity contribution in [2.24, 2.45) is 11.1 Å². The molecule has 0 aromatic carbocycles. The third kappa shape index (κ3) is 3.62. The summed E-state index contributed by atoms with van der Waals surface area (Å²) in [6, 6.07) is 5.39. The number of pyridine rings is 1. The SMILES string of the molecule is Cc1cccc(C(=O)NCC(C)(C)CN)n1. The number of nitrogens with two attached hydrogens (primary N) is 1. The minimum atomic E-state index is -0.148. The molecule has 0 saturated carbocycles. The Balaban J connectivity index is 2.60. The largest absolute Gasteiger partial charge is 0.350 e. The van der Waals surface area contributed by atoms with Gasteiger partial charge in [0.25, 0.3) is 5.91 Å². The highest BCUT2D eigenvalue weighted by Gasteiger charge is 2.17. The van der Waals surface area contributed by atoms with Gasteiger partial charge in [0, 0.05) is 12.2 Å². The van der Waals surface area contributed by atoms with E-state index in [2.05, 4.69) is 10.3 Å². The number of amides is 1. The van der Waals surface area contributed by atoms with Gasteiger partial charge in [-0.15, -0.1) is 0 Å². The maximum absolute atomic E-state index is 11.7. The summed E-state index contributed by atoms with van der Waals surface area (Å²) in [7, 11) is 0. The lowest BCUT2D eigenvalue weighted by atomic mass is 9.94. The van der Waals surface area contributed by atoms with Gasteiger partial charge in [0.15, 0.2) is 0 Å². The van der Waals surface area contributed by atoms with Crippen molar-refractivity contribution < 1.29 is 4.79 Å². The van der Waals surface area contributed by atoms with Gasteiger partial charge in [-0.1, -0.05) is 19.9 Å². The van der Waals surface area contributed by atoms with Crippen LogP contribution in [-0.2, 0) is 0 Å². The third-order valence-corrected chi connectivity index (χ3v) is 2.40. The maximum Gasteiger partial charge on any atom is 0.269 e. The summed E-state index contributed by atoms with van der Waals surface area (Å²) in [5.74, 6) is -0.148. The van der Waals surface area contributed by atoms with Crippen molar-refractivity contribution in [2.75, 3.05) is 13.1 Å². The Bertz CT molecular complexity index is 374. The minimum Gasteiger partial charge on any atom is -0.350 e. The van der Waals surface area contributed by atoms with Crippen molar-refractivity contribution >= 4 is 5.91 Å². The summed E-state index contributed by atoms with van der Waals surface area (Å²) >= 11 is 0. The Hall–Kier alpha value is -1.42. The van der Waals surface area contributed by atoms with Crippen LogP contribution in [0.25, 0.3) is 0 Å². The van der Waals surface area contributed by atoms with Crippen LogP contribution in [0.2, 0.25) is 0 Å². The van der Waals surface area contributed by atoms with Gasteiger partial charge in [-0.05, 0) is 31.0 Å². The molecule has 0 bridgehead atoms. The Kier molecular flexibility index (Phi) is 4.01. The number of carbonyl (C=O) groups excluding carboxylic acids is 1. The molecule has 88 valence electrons. The number of hydrogen-bond acceptors (Lipinski definition) is 3. The molecule has 4 heteroatoms. The topological polar surface area (TPSA) is 68.0 Å². The highest BCUT2D eigenvalue weighted by molar-refractivity contribution is 5.92. The first kappa shape index (κ1) is 12.6. The summed E-state index contributed by atoms with van der Waals surface area (Å²) in [6.07, 6.45) is 0. The predicted molar refractivity (Wildman–Crippen MR) is 64.1 cm³/mol. The average molecular weight is 221 g/mol. The second-order valence-corrected chi connectivity index (χ2v) is 4.72. The summed E-state index contributed by atoms with van der Waals surface area (Å²) in [5.41, 5.74) is 6.79. The fourth-order valence-corrected chi connectivity index (χ4v) is 1.15. The van der Waals surface area contributed by atoms with Crippen LogP contribution in [0.3, 0.4) is 0 Å². The third-order valence-electron chi connectivity index (χ3n) is 2.40. The molecule has 1 aromatic rings. The minimum absolute atomic E-state index is 0.0838. The number of aromatic nitrogens is 1. The highest BCUT2D eigenvalue weighted by atomic mass is 16.1. The van der Waals surface area contributed by atoms with E-state index < -0.39 is 0 Å². The fraction of sp³-hybridized carbons (Fsp3) is 0.500. The number of nitrogens with one attached hydrogen (secondary N) is 1. The van der Waals surface area contributed by atoms with E-state index in [4.69, 9.17) is 5.73 Å². The molecule has 0 atom stereocenters. The van der Waals surface area contributed by atoms with E-state index >= 15 is 0 Å². The Labute approximate surface area is 96.3 Å². The molecule has 1 heterocycles. The quantitative estimate of drug-likeness (QED) is 0.800. The van der Waals surface area contributed by atoms with Crippen LogP contribution in [0.4, 0.5) is 0 Å². The zero-order valence-electron chi connectivity index (χ0n) is 10.1. The number of aryl methyl sites for hydroxylation is 1. The van der Waals surface area contributed by atoms with Crippen LogP contribution >= 0.6 is 0 Å². The van der Waals surface area contributed by atoms with E-state index in [0.717, 1.165) is 5.69 Å². The van der Waals surface area contributed by atoms with Crippen LogP contribution < -0.4 is 11.1 Å². The first-order valence-electron chi connectivity index (χ1n) is 5.36.